The van der Waals surface area contributed by atoms with E-state index in [9.17, 15) is 0 Å². The summed E-state index contributed by atoms with van der Waals surface area (Å²) < 4.78 is 5.77. The Hall–Kier alpha value is -0.603. The molecule has 0 spiro atoms. The maximum atomic E-state index is 5.77. The summed E-state index contributed by atoms with van der Waals surface area (Å²) in [5.41, 5.74) is 2.93. The van der Waals surface area contributed by atoms with Gasteiger partial charge in [0, 0.05) is 0 Å². The van der Waals surface area contributed by atoms with Crippen LogP contribution in [0.4, 0.5) is 0 Å². The molecule has 1 nitrogen and oxygen atoms in total. The molecule has 0 N–H and O–H groups in total. The van der Waals surface area contributed by atoms with Gasteiger partial charge in [0.1, 0.15) is 0 Å². The molecule has 1 radical (unpaired) electrons. The third kappa shape index (κ3) is 3.80. The molecule has 0 saturated heterocycles. The fraction of sp³-hybridized carbons (Fsp3) is 0.538. The summed E-state index contributed by atoms with van der Waals surface area (Å²) in [7, 11) is -0.594. The molecule has 1 rings (SSSR count). The predicted octanol–water partition coefficient (Wildman–Crippen LogP) is 3.75. The number of hydrogen-bond donors (Lipinski definition) is 0. The monoisotopic (exact) mass is 221 g/mol. The first-order valence-corrected chi connectivity index (χ1v) is 7.83. The Morgan fingerprint density at radius 3 is 2.27 bits per heavy atom. The van der Waals surface area contributed by atoms with Crippen LogP contribution >= 0.6 is 0 Å². The Kier molecular flexibility index (Phi) is 4.11. The van der Waals surface area contributed by atoms with Crippen molar-refractivity contribution in [1.82, 2.24) is 0 Å². The van der Waals surface area contributed by atoms with E-state index in [0.29, 0.717) is 0 Å². The molecule has 0 aliphatic carbocycles. The topological polar surface area (TPSA) is 9.23 Å². The Morgan fingerprint density at radius 1 is 1.13 bits per heavy atom. The van der Waals surface area contributed by atoms with Gasteiger partial charge in [0.2, 0.25) is 9.04 Å². The lowest BCUT2D eigenvalue weighted by Crippen LogP contribution is -2.16. The highest BCUT2D eigenvalue weighted by Gasteiger charge is 2.17. The lowest BCUT2D eigenvalue weighted by Gasteiger charge is -2.23. The molecule has 1 aromatic rings. The van der Waals surface area contributed by atoms with Crippen LogP contribution in [0.3, 0.4) is 0 Å². The highest BCUT2D eigenvalue weighted by Crippen LogP contribution is 2.26. The molecule has 83 valence electrons. The molecule has 0 fully saturated rings. The Morgan fingerprint density at radius 2 is 1.73 bits per heavy atom. The Labute approximate surface area is 95.2 Å². The maximum Gasteiger partial charge on any atom is 0.205 e. The van der Waals surface area contributed by atoms with Crippen LogP contribution in [0.1, 0.15) is 31.9 Å². The largest absolute Gasteiger partial charge is 0.413 e. The second-order valence-corrected chi connectivity index (χ2v) is 7.21. The second-order valence-electron chi connectivity index (χ2n) is 5.10. The van der Waals surface area contributed by atoms with Gasteiger partial charge < -0.3 is 4.43 Å². The van der Waals surface area contributed by atoms with E-state index in [1.165, 1.54) is 11.1 Å². The summed E-state index contributed by atoms with van der Waals surface area (Å²) in [6.45, 7) is 11.8. The molecule has 0 heterocycles. The fourth-order valence-electron chi connectivity index (χ4n) is 1.60. The van der Waals surface area contributed by atoms with Gasteiger partial charge in [-0.15, -0.1) is 0 Å². The number of rotatable bonds is 3. The summed E-state index contributed by atoms with van der Waals surface area (Å²) in [5, 5.41) is 0. The van der Waals surface area contributed by atoms with Crippen LogP contribution in [-0.4, -0.2) is 9.04 Å². The average molecular weight is 221 g/mol. The fourth-order valence-corrected chi connectivity index (χ4v) is 2.04. The molecule has 2 heteroatoms. The summed E-state index contributed by atoms with van der Waals surface area (Å²) >= 11 is 0. The SMILES string of the molecule is C[Si](C)OCc1ccccc1C(C)(C)C. The van der Waals surface area contributed by atoms with Crippen LogP contribution in [-0.2, 0) is 16.4 Å². The molecule has 0 aliphatic rings. The lowest BCUT2D eigenvalue weighted by molar-refractivity contribution is 0.311. The van der Waals surface area contributed by atoms with Crippen molar-refractivity contribution in [1.29, 1.82) is 0 Å². The van der Waals surface area contributed by atoms with Gasteiger partial charge in [-0.05, 0) is 29.6 Å². The van der Waals surface area contributed by atoms with Crippen LogP contribution in [0.25, 0.3) is 0 Å². The predicted molar refractivity (Wildman–Crippen MR) is 67.4 cm³/mol. The van der Waals surface area contributed by atoms with Crippen molar-refractivity contribution in [3.05, 3.63) is 35.4 Å². The van der Waals surface area contributed by atoms with E-state index in [1.54, 1.807) is 0 Å². The molecule has 0 aliphatic heterocycles. The molecular formula is C13H21OSi. The van der Waals surface area contributed by atoms with Crippen LogP contribution in [0.15, 0.2) is 24.3 Å². The molecule has 0 aromatic heterocycles. The van der Waals surface area contributed by atoms with Crippen molar-refractivity contribution in [3.63, 3.8) is 0 Å². The van der Waals surface area contributed by atoms with Crippen molar-refractivity contribution in [3.8, 4) is 0 Å². The summed E-state index contributed by atoms with van der Waals surface area (Å²) in [5.74, 6) is 0. The smallest absolute Gasteiger partial charge is 0.205 e. The molecule has 0 amide bonds. The van der Waals surface area contributed by atoms with Crippen molar-refractivity contribution in [2.24, 2.45) is 0 Å². The second kappa shape index (κ2) is 4.95. The van der Waals surface area contributed by atoms with Crippen molar-refractivity contribution >= 4 is 9.04 Å². The van der Waals surface area contributed by atoms with Gasteiger partial charge in [0.05, 0.1) is 6.61 Å². The van der Waals surface area contributed by atoms with Crippen molar-refractivity contribution in [2.45, 2.75) is 45.9 Å². The quantitative estimate of drug-likeness (QED) is 0.706. The van der Waals surface area contributed by atoms with E-state index in [2.05, 4.69) is 58.1 Å². The average Bonchev–Trinajstić information content (AvgIpc) is 2.13. The van der Waals surface area contributed by atoms with Crippen LogP contribution in [0, 0.1) is 0 Å². The molecule has 0 bridgehead atoms. The minimum absolute atomic E-state index is 0.203. The zero-order valence-corrected chi connectivity index (χ0v) is 11.4. The minimum atomic E-state index is -0.594. The van der Waals surface area contributed by atoms with E-state index >= 15 is 0 Å². The van der Waals surface area contributed by atoms with Gasteiger partial charge in [-0.3, -0.25) is 0 Å². The maximum absolute atomic E-state index is 5.77. The summed E-state index contributed by atoms with van der Waals surface area (Å²) in [6.07, 6.45) is 0. The zero-order chi connectivity index (χ0) is 11.5. The molecule has 0 atom stereocenters. The van der Waals surface area contributed by atoms with Crippen LogP contribution in [0.2, 0.25) is 13.1 Å². The van der Waals surface area contributed by atoms with Gasteiger partial charge in [0.25, 0.3) is 0 Å². The van der Waals surface area contributed by atoms with Crippen LogP contribution < -0.4 is 0 Å². The van der Waals surface area contributed by atoms with Gasteiger partial charge in [-0.2, -0.15) is 0 Å². The lowest BCUT2D eigenvalue weighted by atomic mass is 9.84. The molecule has 0 saturated carbocycles. The first kappa shape index (κ1) is 12.5. The van der Waals surface area contributed by atoms with E-state index in [1.807, 2.05) is 0 Å². The van der Waals surface area contributed by atoms with E-state index < -0.39 is 9.04 Å². The standard InChI is InChI=1S/C13H21OSi/c1-13(2,3)12-9-7-6-8-11(12)10-14-15(4)5/h6-9H,10H2,1-5H3. The first-order chi connectivity index (χ1) is 6.91. The molecule has 15 heavy (non-hydrogen) atoms. The van der Waals surface area contributed by atoms with Gasteiger partial charge in [-0.25, -0.2) is 0 Å². The first-order valence-electron chi connectivity index (χ1n) is 5.42. The normalized spacial score (nSPS) is 12.1. The molecule has 0 unspecified atom stereocenters. The third-order valence-corrected chi connectivity index (χ3v) is 3.06. The highest BCUT2D eigenvalue weighted by molar-refractivity contribution is 6.48. The summed E-state index contributed by atoms with van der Waals surface area (Å²) in [4.78, 5) is 0. The van der Waals surface area contributed by atoms with Crippen LogP contribution in [0.5, 0.6) is 0 Å². The third-order valence-electron chi connectivity index (χ3n) is 2.34. The van der Waals surface area contributed by atoms with E-state index in [4.69, 9.17) is 4.43 Å². The Balaban J connectivity index is 2.87. The number of benzene rings is 1. The highest BCUT2D eigenvalue weighted by atomic mass is 28.3. The molecular weight excluding hydrogens is 200 g/mol. The minimum Gasteiger partial charge on any atom is -0.413 e. The number of hydrogen-bond acceptors (Lipinski definition) is 1. The van der Waals surface area contributed by atoms with Crippen molar-refractivity contribution in [2.75, 3.05) is 0 Å². The van der Waals surface area contributed by atoms with E-state index in [-0.39, 0.29) is 5.41 Å². The zero-order valence-electron chi connectivity index (χ0n) is 10.4. The van der Waals surface area contributed by atoms with Gasteiger partial charge >= 0.3 is 0 Å². The van der Waals surface area contributed by atoms with Crippen molar-refractivity contribution < 1.29 is 4.43 Å². The molecule has 1 aromatic carbocycles. The van der Waals surface area contributed by atoms with Gasteiger partial charge in [-0.1, -0.05) is 45.0 Å². The summed E-state index contributed by atoms with van der Waals surface area (Å²) in [6, 6.07) is 8.57. The van der Waals surface area contributed by atoms with E-state index in [0.717, 1.165) is 6.61 Å². The Bertz CT molecular complexity index is 313. The van der Waals surface area contributed by atoms with Gasteiger partial charge in [0.15, 0.2) is 0 Å².